The largest absolute Gasteiger partial charge is 0.311 e. The molecule has 1 atom stereocenters. The highest BCUT2D eigenvalue weighted by Gasteiger charge is 2.14. The Morgan fingerprint density at radius 2 is 1.86 bits per heavy atom. The summed E-state index contributed by atoms with van der Waals surface area (Å²) >= 11 is 0. The Balaban J connectivity index is 2.26. The molecule has 0 bridgehead atoms. The molecule has 0 fully saturated rings. The summed E-state index contributed by atoms with van der Waals surface area (Å²) in [4.78, 5) is 0. The van der Waals surface area contributed by atoms with Gasteiger partial charge in [0.05, 0.1) is 18.3 Å². The fraction of sp³-hybridized carbons (Fsp3) is 0.500. The van der Waals surface area contributed by atoms with Crippen molar-refractivity contribution in [3.8, 4) is 0 Å². The monoisotopic (exact) mass is 285 g/mol. The van der Waals surface area contributed by atoms with E-state index in [9.17, 15) is 0 Å². The van der Waals surface area contributed by atoms with Crippen LogP contribution >= 0.6 is 0 Å². The van der Waals surface area contributed by atoms with Crippen molar-refractivity contribution in [3.05, 3.63) is 52.3 Å². The van der Waals surface area contributed by atoms with E-state index in [0.29, 0.717) is 6.04 Å². The van der Waals surface area contributed by atoms with Crippen LogP contribution in [0.2, 0.25) is 0 Å². The molecule has 21 heavy (non-hydrogen) atoms. The van der Waals surface area contributed by atoms with E-state index in [1.54, 1.807) is 0 Å². The SMILES string of the molecule is CCc1cc(CC)n(CC(NC)c2ccc(C)c(C)c2)n1. The van der Waals surface area contributed by atoms with Crippen LogP contribution in [0.15, 0.2) is 24.3 Å². The molecule has 0 amide bonds. The molecule has 0 aliphatic heterocycles. The first-order valence-electron chi connectivity index (χ1n) is 7.89. The Hall–Kier alpha value is -1.61. The summed E-state index contributed by atoms with van der Waals surface area (Å²) in [5.74, 6) is 0. The molecule has 0 radical (unpaired) electrons. The van der Waals surface area contributed by atoms with Gasteiger partial charge in [-0.1, -0.05) is 32.0 Å². The molecule has 0 spiro atoms. The standard InChI is InChI=1S/C18H27N3/c1-6-16-11-17(7-2)21(20-16)12-18(19-5)15-9-8-13(3)14(4)10-15/h8-11,18-19H,6-7,12H2,1-5H3. The first kappa shape index (κ1) is 15.8. The van der Waals surface area contributed by atoms with E-state index in [4.69, 9.17) is 5.10 Å². The fourth-order valence-corrected chi connectivity index (χ4v) is 2.65. The van der Waals surface area contributed by atoms with Crippen LogP contribution in [0.5, 0.6) is 0 Å². The second-order valence-electron chi connectivity index (χ2n) is 5.70. The third-order valence-electron chi connectivity index (χ3n) is 4.28. The third kappa shape index (κ3) is 3.53. The number of benzene rings is 1. The van der Waals surface area contributed by atoms with Crippen LogP contribution in [0.4, 0.5) is 0 Å². The van der Waals surface area contributed by atoms with Crippen LogP contribution in [0.1, 0.15) is 48.0 Å². The quantitative estimate of drug-likeness (QED) is 0.879. The van der Waals surface area contributed by atoms with Crippen molar-refractivity contribution < 1.29 is 0 Å². The van der Waals surface area contributed by atoms with Crippen molar-refractivity contribution in [2.75, 3.05) is 7.05 Å². The van der Waals surface area contributed by atoms with Gasteiger partial charge in [-0.25, -0.2) is 0 Å². The normalized spacial score (nSPS) is 12.6. The smallest absolute Gasteiger partial charge is 0.0624 e. The van der Waals surface area contributed by atoms with Crippen molar-refractivity contribution in [1.82, 2.24) is 15.1 Å². The lowest BCUT2D eigenvalue weighted by atomic mass is 10.0. The van der Waals surface area contributed by atoms with E-state index < -0.39 is 0 Å². The summed E-state index contributed by atoms with van der Waals surface area (Å²) in [6.45, 7) is 9.56. The van der Waals surface area contributed by atoms with Crippen molar-refractivity contribution in [2.45, 2.75) is 53.1 Å². The lowest BCUT2D eigenvalue weighted by molar-refractivity contribution is 0.455. The molecule has 0 aliphatic rings. The average molecular weight is 285 g/mol. The first-order valence-corrected chi connectivity index (χ1v) is 7.89. The topological polar surface area (TPSA) is 29.9 Å². The second-order valence-corrected chi connectivity index (χ2v) is 5.70. The van der Waals surface area contributed by atoms with Crippen molar-refractivity contribution in [2.24, 2.45) is 0 Å². The summed E-state index contributed by atoms with van der Waals surface area (Å²) in [5, 5.41) is 8.16. The molecule has 1 N–H and O–H groups in total. The molecule has 2 aromatic rings. The molecule has 1 heterocycles. The highest BCUT2D eigenvalue weighted by molar-refractivity contribution is 5.31. The van der Waals surface area contributed by atoms with E-state index >= 15 is 0 Å². The van der Waals surface area contributed by atoms with Gasteiger partial charge in [-0.3, -0.25) is 4.68 Å². The summed E-state index contributed by atoms with van der Waals surface area (Å²) in [7, 11) is 2.02. The minimum absolute atomic E-state index is 0.291. The zero-order chi connectivity index (χ0) is 15.4. The zero-order valence-corrected chi connectivity index (χ0v) is 13.9. The van der Waals surface area contributed by atoms with Gasteiger partial charge in [0.1, 0.15) is 0 Å². The van der Waals surface area contributed by atoms with E-state index in [-0.39, 0.29) is 0 Å². The summed E-state index contributed by atoms with van der Waals surface area (Å²) in [5.41, 5.74) is 6.52. The van der Waals surface area contributed by atoms with E-state index in [1.165, 1.54) is 28.1 Å². The van der Waals surface area contributed by atoms with Crippen LogP contribution < -0.4 is 5.32 Å². The predicted octanol–water partition coefficient (Wildman–Crippen LogP) is 3.59. The highest BCUT2D eigenvalue weighted by Crippen LogP contribution is 2.19. The van der Waals surface area contributed by atoms with Gasteiger partial charge in [-0.15, -0.1) is 0 Å². The van der Waals surface area contributed by atoms with Gasteiger partial charge in [0.2, 0.25) is 0 Å². The summed E-state index contributed by atoms with van der Waals surface area (Å²) in [6, 6.07) is 9.23. The molecule has 0 saturated carbocycles. The number of nitrogens with one attached hydrogen (secondary N) is 1. The van der Waals surface area contributed by atoms with Crippen LogP contribution in [-0.4, -0.2) is 16.8 Å². The molecule has 1 aromatic carbocycles. The average Bonchev–Trinajstić information content (AvgIpc) is 2.90. The number of aryl methyl sites for hydroxylation is 4. The Morgan fingerprint density at radius 1 is 1.10 bits per heavy atom. The molecule has 114 valence electrons. The van der Waals surface area contributed by atoms with Crippen molar-refractivity contribution in [3.63, 3.8) is 0 Å². The van der Waals surface area contributed by atoms with Gasteiger partial charge in [-0.2, -0.15) is 5.10 Å². The molecule has 0 aliphatic carbocycles. The molecule has 0 saturated heterocycles. The maximum absolute atomic E-state index is 4.73. The Labute approximate surface area is 128 Å². The number of aromatic nitrogens is 2. The zero-order valence-electron chi connectivity index (χ0n) is 13.9. The molecule has 1 unspecified atom stereocenters. The Kier molecular flexibility index (Phi) is 5.18. The number of hydrogen-bond acceptors (Lipinski definition) is 2. The summed E-state index contributed by atoms with van der Waals surface area (Å²) in [6.07, 6.45) is 2.02. The van der Waals surface area contributed by atoms with Gasteiger partial charge in [0, 0.05) is 5.69 Å². The van der Waals surface area contributed by atoms with Gasteiger partial charge in [0.15, 0.2) is 0 Å². The van der Waals surface area contributed by atoms with Crippen LogP contribution in [0.25, 0.3) is 0 Å². The first-order chi connectivity index (χ1) is 10.1. The fourth-order valence-electron chi connectivity index (χ4n) is 2.65. The Morgan fingerprint density at radius 3 is 2.43 bits per heavy atom. The van der Waals surface area contributed by atoms with Crippen LogP contribution in [0, 0.1) is 13.8 Å². The number of rotatable bonds is 6. The molecule has 2 rings (SSSR count). The lowest BCUT2D eigenvalue weighted by Crippen LogP contribution is -2.23. The number of likely N-dealkylation sites (N-methyl/N-ethyl adjacent to an activating group) is 1. The van der Waals surface area contributed by atoms with E-state index in [1.807, 2.05) is 7.05 Å². The van der Waals surface area contributed by atoms with E-state index in [2.05, 4.69) is 62.0 Å². The van der Waals surface area contributed by atoms with Crippen molar-refractivity contribution >= 4 is 0 Å². The maximum atomic E-state index is 4.73. The molecule has 1 aromatic heterocycles. The van der Waals surface area contributed by atoms with Gasteiger partial charge >= 0.3 is 0 Å². The molecule has 3 heteroatoms. The van der Waals surface area contributed by atoms with Gasteiger partial charge in [0.25, 0.3) is 0 Å². The Bertz CT molecular complexity index is 599. The minimum Gasteiger partial charge on any atom is -0.311 e. The second kappa shape index (κ2) is 6.90. The van der Waals surface area contributed by atoms with Crippen LogP contribution in [0.3, 0.4) is 0 Å². The van der Waals surface area contributed by atoms with E-state index in [0.717, 1.165) is 19.4 Å². The molecular weight excluding hydrogens is 258 g/mol. The van der Waals surface area contributed by atoms with Gasteiger partial charge in [-0.05, 0) is 56.5 Å². The van der Waals surface area contributed by atoms with Crippen LogP contribution in [-0.2, 0) is 19.4 Å². The van der Waals surface area contributed by atoms with Gasteiger partial charge < -0.3 is 5.32 Å². The number of nitrogens with zero attached hydrogens (tertiary/aromatic N) is 2. The number of hydrogen-bond donors (Lipinski definition) is 1. The highest BCUT2D eigenvalue weighted by atomic mass is 15.3. The van der Waals surface area contributed by atoms with Crippen molar-refractivity contribution in [1.29, 1.82) is 0 Å². The molecular formula is C18H27N3. The third-order valence-corrected chi connectivity index (χ3v) is 4.28. The summed E-state index contributed by atoms with van der Waals surface area (Å²) < 4.78 is 2.16. The maximum Gasteiger partial charge on any atom is 0.0624 e. The lowest BCUT2D eigenvalue weighted by Gasteiger charge is -2.19. The molecule has 3 nitrogen and oxygen atoms in total. The minimum atomic E-state index is 0.291. The predicted molar refractivity (Wildman–Crippen MR) is 88.7 cm³/mol.